The van der Waals surface area contributed by atoms with E-state index in [4.69, 9.17) is 10.2 Å². The van der Waals surface area contributed by atoms with Gasteiger partial charge in [0.2, 0.25) is 11.5 Å². The third kappa shape index (κ3) is 1.77. The van der Waals surface area contributed by atoms with Crippen molar-refractivity contribution in [3.8, 4) is 11.5 Å². The van der Waals surface area contributed by atoms with E-state index in [1.54, 1.807) is 18.2 Å². The molecule has 2 aromatic rings. The summed E-state index contributed by atoms with van der Waals surface area (Å²) in [5, 5.41) is 23.5. The molecule has 3 rings (SSSR count). The smallest absolute Gasteiger partial charge is 0.297 e. The number of fused-ring (bicyclic) bond motifs is 1. The molecule has 1 aliphatic rings. The predicted molar refractivity (Wildman–Crippen MR) is 60.0 cm³/mol. The van der Waals surface area contributed by atoms with Crippen molar-refractivity contribution < 1.29 is 15.0 Å². The van der Waals surface area contributed by atoms with Crippen LogP contribution < -0.4 is 10.9 Å². The Kier molecular flexibility index (Phi) is 2.72. The van der Waals surface area contributed by atoms with Gasteiger partial charge in [-0.25, -0.2) is 0 Å². The van der Waals surface area contributed by atoms with E-state index in [1.165, 1.54) is 0 Å². The van der Waals surface area contributed by atoms with Gasteiger partial charge >= 0.3 is 0 Å². The van der Waals surface area contributed by atoms with Crippen LogP contribution in [0.15, 0.2) is 44.1 Å². The lowest BCUT2D eigenvalue weighted by molar-refractivity contribution is 0.100. The number of benzene rings is 1. The van der Waals surface area contributed by atoms with E-state index in [2.05, 4.69) is 10.2 Å². The average molecular weight is 246 g/mol. The highest BCUT2D eigenvalue weighted by molar-refractivity contribution is 6.01. The van der Waals surface area contributed by atoms with Gasteiger partial charge in [0, 0.05) is 0 Å². The van der Waals surface area contributed by atoms with Gasteiger partial charge in [-0.2, -0.15) is 0 Å². The maximum atomic E-state index is 10.8. The zero-order chi connectivity index (χ0) is 13.3. The normalized spacial score (nSPS) is 12.1. The first-order valence-corrected chi connectivity index (χ1v) is 4.78. The van der Waals surface area contributed by atoms with Crippen LogP contribution >= 0.6 is 0 Å². The first-order chi connectivity index (χ1) is 8.52. The van der Waals surface area contributed by atoms with Crippen LogP contribution in [-0.2, 0) is 0 Å². The molecule has 1 amide bonds. The molecule has 7 heteroatoms. The number of hydrogen-bond donors (Lipinski definition) is 2. The van der Waals surface area contributed by atoms with Crippen molar-refractivity contribution in [1.29, 1.82) is 0 Å². The van der Waals surface area contributed by atoms with Gasteiger partial charge in [-0.3, -0.25) is 14.4 Å². The molecule has 1 heterocycles. The molecule has 0 unspecified atom stereocenters. The van der Waals surface area contributed by atoms with E-state index in [1.807, 2.05) is 6.07 Å². The average Bonchev–Trinajstić information content (AvgIpc) is 2.79. The van der Waals surface area contributed by atoms with E-state index in [0.717, 1.165) is 0 Å². The minimum atomic E-state index is -1.01. The van der Waals surface area contributed by atoms with Crippen LogP contribution in [0.25, 0.3) is 0 Å². The molecule has 0 saturated carbocycles. The van der Waals surface area contributed by atoms with Crippen molar-refractivity contribution in [2.45, 2.75) is 0 Å². The second kappa shape index (κ2) is 4.21. The van der Waals surface area contributed by atoms with Crippen molar-refractivity contribution in [1.82, 2.24) is 0 Å². The minimum absolute atomic E-state index is 0.240. The van der Waals surface area contributed by atoms with Crippen LogP contribution in [0, 0.1) is 0 Å². The lowest BCUT2D eigenvalue weighted by Gasteiger charge is -1.92. The summed E-state index contributed by atoms with van der Waals surface area (Å²) in [7, 11) is 0. The topological polar surface area (TPSA) is 116 Å². The Labute approximate surface area is 99.4 Å². The number of aromatic hydroxyl groups is 2. The molecule has 0 aliphatic carbocycles. The van der Waals surface area contributed by atoms with Crippen molar-refractivity contribution in [2.75, 3.05) is 0 Å². The van der Waals surface area contributed by atoms with Gasteiger partial charge in [0.25, 0.3) is 16.8 Å². The number of carbonyl (C=O) groups is 1. The Morgan fingerprint density at radius 2 is 1.39 bits per heavy atom. The lowest BCUT2D eigenvalue weighted by Crippen LogP contribution is -2.28. The fourth-order valence-corrected chi connectivity index (χ4v) is 1.26. The molecule has 0 fully saturated rings. The fraction of sp³-hybridized carbons (Fsp3) is 0. The van der Waals surface area contributed by atoms with Gasteiger partial charge in [-0.1, -0.05) is 12.1 Å². The second-order valence-electron chi connectivity index (χ2n) is 3.38. The summed E-state index contributed by atoms with van der Waals surface area (Å²) in [5.41, 5.74) is -0.750. The van der Waals surface area contributed by atoms with Crippen LogP contribution in [0.3, 0.4) is 0 Å². The highest BCUT2D eigenvalue weighted by atomic mass is 16.3. The van der Waals surface area contributed by atoms with Crippen LogP contribution in [0.4, 0.5) is 5.69 Å². The molecule has 0 aromatic heterocycles. The molecule has 18 heavy (non-hydrogen) atoms. The summed E-state index contributed by atoms with van der Waals surface area (Å²) in [6.45, 7) is 0. The SMILES string of the molecule is O=C1N=Nc2ccccc21.O=c1c(O)c(O)c1=O. The molecule has 0 spiro atoms. The van der Waals surface area contributed by atoms with E-state index in [0.29, 0.717) is 11.3 Å². The van der Waals surface area contributed by atoms with Crippen molar-refractivity contribution >= 4 is 11.6 Å². The van der Waals surface area contributed by atoms with Crippen molar-refractivity contribution in [2.24, 2.45) is 10.2 Å². The molecule has 0 radical (unpaired) electrons. The molecule has 0 saturated heterocycles. The standard InChI is InChI=1S/C7H4N2O.C4H2O4/c10-7-5-3-1-2-4-6(5)8-9-7;5-1-2(6)4(8)3(1)7/h1-4H;5-6H. The van der Waals surface area contributed by atoms with Crippen LogP contribution in [0.2, 0.25) is 0 Å². The summed E-state index contributed by atoms with van der Waals surface area (Å²) < 4.78 is 0. The minimum Gasteiger partial charge on any atom is -0.501 e. The monoisotopic (exact) mass is 246 g/mol. The quantitative estimate of drug-likeness (QED) is 0.661. The Bertz CT molecular complexity index is 695. The molecule has 7 nitrogen and oxygen atoms in total. The van der Waals surface area contributed by atoms with E-state index in [-0.39, 0.29) is 5.91 Å². The summed E-state index contributed by atoms with van der Waals surface area (Å²) >= 11 is 0. The zero-order valence-electron chi connectivity index (χ0n) is 8.82. The number of carbonyl (C=O) groups excluding carboxylic acids is 1. The summed E-state index contributed by atoms with van der Waals surface area (Å²) in [5.74, 6) is -1.89. The number of azo groups is 1. The van der Waals surface area contributed by atoms with E-state index < -0.39 is 22.4 Å². The third-order valence-electron chi connectivity index (χ3n) is 2.24. The van der Waals surface area contributed by atoms with Gasteiger partial charge in [-0.15, -0.1) is 10.2 Å². The number of hydrogen-bond acceptors (Lipinski definition) is 6. The van der Waals surface area contributed by atoms with Gasteiger partial charge in [0.15, 0.2) is 0 Å². The maximum Gasteiger partial charge on any atom is 0.297 e. The number of amides is 1. The molecular formula is C11H6N2O5. The molecule has 2 N–H and O–H groups in total. The molecule has 0 bridgehead atoms. The first kappa shape index (κ1) is 11.6. The molecule has 0 atom stereocenters. The molecule has 90 valence electrons. The molecule has 1 aliphatic heterocycles. The Balaban J connectivity index is 0.000000138. The summed E-state index contributed by atoms with van der Waals surface area (Å²) in [6, 6.07) is 7.12. The Morgan fingerprint density at radius 3 is 1.89 bits per heavy atom. The summed E-state index contributed by atoms with van der Waals surface area (Å²) in [4.78, 5) is 30.7. The fourth-order valence-electron chi connectivity index (χ4n) is 1.26. The van der Waals surface area contributed by atoms with Crippen molar-refractivity contribution in [3.05, 3.63) is 50.3 Å². The predicted octanol–water partition coefficient (Wildman–Crippen LogP) is 0.618. The van der Waals surface area contributed by atoms with Crippen molar-refractivity contribution in [3.63, 3.8) is 0 Å². The third-order valence-corrected chi connectivity index (χ3v) is 2.24. The summed E-state index contributed by atoms with van der Waals surface area (Å²) in [6.07, 6.45) is 0. The van der Waals surface area contributed by atoms with Gasteiger partial charge < -0.3 is 10.2 Å². The number of rotatable bonds is 0. The lowest BCUT2D eigenvalue weighted by atomic mass is 10.2. The molecule has 2 aromatic carbocycles. The zero-order valence-corrected chi connectivity index (χ0v) is 8.82. The first-order valence-electron chi connectivity index (χ1n) is 4.78. The van der Waals surface area contributed by atoms with Gasteiger partial charge in [0.05, 0.1) is 11.3 Å². The number of nitrogens with zero attached hydrogens (tertiary/aromatic N) is 2. The van der Waals surface area contributed by atoms with Crippen LogP contribution in [-0.4, -0.2) is 16.1 Å². The van der Waals surface area contributed by atoms with Crippen LogP contribution in [0.1, 0.15) is 10.4 Å². The second-order valence-corrected chi connectivity index (χ2v) is 3.38. The molecular weight excluding hydrogens is 240 g/mol. The van der Waals surface area contributed by atoms with Gasteiger partial charge in [-0.05, 0) is 12.1 Å². The van der Waals surface area contributed by atoms with E-state index >= 15 is 0 Å². The maximum absolute atomic E-state index is 10.8. The largest absolute Gasteiger partial charge is 0.501 e. The highest BCUT2D eigenvalue weighted by Gasteiger charge is 2.17. The van der Waals surface area contributed by atoms with Crippen LogP contribution in [0.5, 0.6) is 11.5 Å². The van der Waals surface area contributed by atoms with E-state index in [9.17, 15) is 14.4 Å². The Hall–Kier alpha value is -2.83. The highest BCUT2D eigenvalue weighted by Crippen LogP contribution is 2.25. The van der Waals surface area contributed by atoms with Gasteiger partial charge in [0.1, 0.15) is 0 Å². The Morgan fingerprint density at radius 1 is 0.833 bits per heavy atom.